The van der Waals surface area contributed by atoms with E-state index in [2.05, 4.69) is 19.9 Å². The van der Waals surface area contributed by atoms with Crippen molar-refractivity contribution in [3.8, 4) is 5.75 Å². The summed E-state index contributed by atoms with van der Waals surface area (Å²) < 4.78 is 5.49. The van der Waals surface area contributed by atoms with Crippen LogP contribution in [-0.4, -0.2) is 54.9 Å². The molecule has 1 aliphatic carbocycles. The van der Waals surface area contributed by atoms with E-state index in [0.717, 1.165) is 24.2 Å². The summed E-state index contributed by atoms with van der Waals surface area (Å²) in [5, 5.41) is 0. The highest BCUT2D eigenvalue weighted by molar-refractivity contribution is 5.81. The lowest BCUT2D eigenvalue weighted by Gasteiger charge is -2.38. The largest absolute Gasteiger partial charge is 0.496 e. The standard InChI is InChI=1S/C21H30N2O3/c1-15(2)17-7-8-18(19(13-17)26-3)14-20(24)22-9-11-23(12-10-22)21(25)16-5-4-6-16/h7-8,13,15-16H,4-6,9-12,14H2,1-3H3. The Balaban J connectivity index is 1.56. The van der Waals surface area contributed by atoms with Crippen LogP contribution in [0.5, 0.6) is 5.75 Å². The Kier molecular flexibility index (Phi) is 5.84. The molecule has 2 amide bonds. The summed E-state index contributed by atoms with van der Waals surface area (Å²) in [4.78, 5) is 28.8. The molecular formula is C21H30N2O3. The van der Waals surface area contributed by atoms with Gasteiger partial charge in [-0.05, 0) is 30.4 Å². The van der Waals surface area contributed by atoms with Crippen LogP contribution < -0.4 is 4.74 Å². The van der Waals surface area contributed by atoms with E-state index < -0.39 is 0 Å². The predicted octanol–water partition coefficient (Wildman–Crippen LogP) is 2.83. The second kappa shape index (κ2) is 8.11. The summed E-state index contributed by atoms with van der Waals surface area (Å²) in [6.07, 6.45) is 3.58. The minimum Gasteiger partial charge on any atom is -0.496 e. The molecule has 0 bridgehead atoms. The molecule has 3 rings (SSSR count). The van der Waals surface area contributed by atoms with Crippen molar-refractivity contribution in [1.82, 2.24) is 9.80 Å². The third kappa shape index (κ3) is 4.02. The third-order valence-corrected chi connectivity index (χ3v) is 5.72. The van der Waals surface area contributed by atoms with Gasteiger partial charge in [0.25, 0.3) is 0 Å². The topological polar surface area (TPSA) is 49.9 Å². The number of amides is 2. The monoisotopic (exact) mass is 358 g/mol. The summed E-state index contributed by atoms with van der Waals surface area (Å²) in [5.74, 6) is 1.84. The molecule has 1 saturated carbocycles. The number of nitrogens with zero attached hydrogens (tertiary/aromatic N) is 2. The van der Waals surface area contributed by atoms with Crippen molar-refractivity contribution in [3.63, 3.8) is 0 Å². The first-order valence-electron chi connectivity index (χ1n) is 9.73. The molecule has 1 aromatic carbocycles. The van der Waals surface area contributed by atoms with Crippen molar-refractivity contribution in [2.45, 2.75) is 45.4 Å². The smallest absolute Gasteiger partial charge is 0.227 e. The van der Waals surface area contributed by atoms with Gasteiger partial charge in [0.2, 0.25) is 11.8 Å². The molecule has 2 fully saturated rings. The van der Waals surface area contributed by atoms with Crippen molar-refractivity contribution in [2.24, 2.45) is 5.92 Å². The van der Waals surface area contributed by atoms with Crippen LogP contribution in [-0.2, 0) is 16.0 Å². The zero-order chi connectivity index (χ0) is 18.7. The number of carbonyl (C=O) groups excluding carboxylic acids is 2. The minimum atomic E-state index is 0.108. The molecule has 142 valence electrons. The van der Waals surface area contributed by atoms with Crippen LogP contribution in [0.2, 0.25) is 0 Å². The molecule has 1 aromatic rings. The van der Waals surface area contributed by atoms with Gasteiger partial charge in [-0.3, -0.25) is 9.59 Å². The maximum atomic E-state index is 12.7. The number of hydrogen-bond donors (Lipinski definition) is 0. The number of hydrogen-bond acceptors (Lipinski definition) is 3. The Morgan fingerprint density at radius 3 is 2.31 bits per heavy atom. The molecule has 0 spiro atoms. The molecule has 1 aliphatic heterocycles. The van der Waals surface area contributed by atoms with Gasteiger partial charge in [0.1, 0.15) is 5.75 Å². The fraction of sp³-hybridized carbons (Fsp3) is 0.619. The van der Waals surface area contributed by atoms with Crippen LogP contribution in [0.1, 0.15) is 50.2 Å². The number of rotatable bonds is 5. The number of benzene rings is 1. The van der Waals surface area contributed by atoms with E-state index in [1.54, 1.807) is 7.11 Å². The first-order chi connectivity index (χ1) is 12.5. The van der Waals surface area contributed by atoms with Crippen LogP contribution in [0.15, 0.2) is 18.2 Å². The van der Waals surface area contributed by atoms with Gasteiger partial charge in [0.05, 0.1) is 13.5 Å². The van der Waals surface area contributed by atoms with Crippen LogP contribution >= 0.6 is 0 Å². The van der Waals surface area contributed by atoms with Gasteiger partial charge in [0.15, 0.2) is 0 Å². The van der Waals surface area contributed by atoms with Crippen molar-refractivity contribution < 1.29 is 14.3 Å². The van der Waals surface area contributed by atoms with Gasteiger partial charge in [-0.25, -0.2) is 0 Å². The van der Waals surface area contributed by atoms with Crippen molar-refractivity contribution in [1.29, 1.82) is 0 Å². The molecule has 0 aromatic heterocycles. The van der Waals surface area contributed by atoms with Crippen molar-refractivity contribution in [3.05, 3.63) is 29.3 Å². The fourth-order valence-electron chi connectivity index (χ4n) is 3.63. The number of carbonyl (C=O) groups is 2. The maximum absolute atomic E-state index is 12.7. The molecule has 0 N–H and O–H groups in total. The van der Waals surface area contributed by atoms with E-state index in [1.165, 1.54) is 12.0 Å². The highest BCUT2D eigenvalue weighted by Crippen LogP contribution is 2.29. The van der Waals surface area contributed by atoms with E-state index >= 15 is 0 Å². The highest BCUT2D eigenvalue weighted by Gasteiger charge is 2.32. The number of ether oxygens (including phenoxy) is 1. The zero-order valence-electron chi connectivity index (χ0n) is 16.2. The first-order valence-corrected chi connectivity index (χ1v) is 9.73. The van der Waals surface area contributed by atoms with Gasteiger partial charge in [-0.15, -0.1) is 0 Å². The number of piperazine rings is 1. The zero-order valence-corrected chi connectivity index (χ0v) is 16.2. The highest BCUT2D eigenvalue weighted by atomic mass is 16.5. The van der Waals surface area contributed by atoms with Gasteiger partial charge in [0, 0.05) is 37.7 Å². The molecule has 5 nitrogen and oxygen atoms in total. The quantitative estimate of drug-likeness (QED) is 0.813. The first kappa shape index (κ1) is 18.7. The predicted molar refractivity (Wildman–Crippen MR) is 101 cm³/mol. The molecule has 1 saturated heterocycles. The van der Waals surface area contributed by atoms with Crippen molar-refractivity contribution >= 4 is 11.8 Å². The summed E-state index contributed by atoms with van der Waals surface area (Å²) in [5.41, 5.74) is 2.14. The van der Waals surface area contributed by atoms with Crippen LogP contribution in [0.25, 0.3) is 0 Å². The second-order valence-electron chi connectivity index (χ2n) is 7.74. The Morgan fingerprint density at radius 1 is 1.12 bits per heavy atom. The average molecular weight is 358 g/mol. The van der Waals surface area contributed by atoms with E-state index in [9.17, 15) is 9.59 Å². The van der Waals surface area contributed by atoms with E-state index in [-0.39, 0.29) is 17.7 Å². The lowest BCUT2D eigenvalue weighted by Crippen LogP contribution is -2.52. The summed E-state index contributed by atoms with van der Waals surface area (Å²) >= 11 is 0. The van der Waals surface area contributed by atoms with E-state index in [1.807, 2.05) is 21.9 Å². The molecule has 2 aliphatic rings. The molecule has 0 unspecified atom stereocenters. The molecule has 5 heteroatoms. The summed E-state index contributed by atoms with van der Waals surface area (Å²) in [6.45, 7) is 6.86. The van der Waals surface area contributed by atoms with Gasteiger partial charge >= 0.3 is 0 Å². The fourth-order valence-corrected chi connectivity index (χ4v) is 3.63. The van der Waals surface area contributed by atoms with E-state index in [4.69, 9.17) is 4.74 Å². The number of methoxy groups -OCH3 is 1. The van der Waals surface area contributed by atoms with Gasteiger partial charge in [-0.1, -0.05) is 32.4 Å². The van der Waals surface area contributed by atoms with Gasteiger partial charge in [-0.2, -0.15) is 0 Å². The van der Waals surface area contributed by atoms with Crippen LogP contribution in [0.4, 0.5) is 0 Å². The average Bonchev–Trinajstić information content (AvgIpc) is 2.60. The third-order valence-electron chi connectivity index (χ3n) is 5.72. The summed E-state index contributed by atoms with van der Waals surface area (Å²) in [6, 6.07) is 6.11. The normalized spacial score (nSPS) is 18.0. The molecule has 0 atom stereocenters. The molecule has 26 heavy (non-hydrogen) atoms. The van der Waals surface area contributed by atoms with Crippen LogP contribution in [0, 0.1) is 5.92 Å². The Hall–Kier alpha value is -2.04. The molecule has 1 heterocycles. The van der Waals surface area contributed by atoms with E-state index in [0.29, 0.717) is 38.5 Å². The van der Waals surface area contributed by atoms with Crippen LogP contribution in [0.3, 0.4) is 0 Å². The molecular weight excluding hydrogens is 328 g/mol. The van der Waals surface area contributed by atoms with Gasteiger partial charge < -0.3 is 14.5 Å². The molecule has 0 radical (unpaired) electrons. The lowest BCUT2D eigenvalue weighted by molar-refractivity contribution is -0.143. The lowest BCUT2D eigenvalue weighted by atomic mass is 9.84. The Bertz CT molecular complexity index is 659. The summed E-state index contributed by atoms with van der Waals surface area (Å²) in [7, 11) is 1.65. The Labute approximate surface area is 156 Å². The van der Waals surface area contributed by atoms with Crippen molar-refractivity contribution in [2.75, 3.05) is 33.3 Å². The SMILES string of the molecule is COc1cc(C(C)C)ccc1CC(=O)N1CCN(C(=O)C2CCC2)CC1. The maximum Gasteiger partial charge on any atom is 0.227 e. The Morgan fingerprint density at radius 2 is 1.77 bits per heavy atom. The second-order valence-corrected chi connectivity index (χ2v) is 7.74. The minimum absolute atomic E-state index is 0.108.